The van der Waals surface area contributed by atoms with Crippen LogP contribution in [0.2, 0.25) is 0 Å². The van der Waals surface area contributed by atoms with E-state index in [9.17, 15) is 23.7 Å². The third-order valence-corrected chi connectivity index (χ3v) is 6.17. The van der Waals surface area contributed by atoms with Crippen molar-refractivity contribution in [3.63, 3.8) is 0 Å². The highest BCUT2D eigenvalue weighted by molar-refractivity contribution is 7.86. The van der Waals surface area contributed by atoms with Gasteiger partial charge in [0.2, 0.25) is 5.79 Å². The minimum atomic E-state index is -3.98. The minimum absolute atomic E-state index is 0. The molecule has 11 heteroatoms. The molecule has 2 aromatic carbocycles. The van der Waals surface area contributed by atoms with Gasteiger partial charge in [-0.1, -0.05) is 30.3 Å². The average Bonchev–Trinajstić information content (AvgIpc) is 2.68. The number of nitrogens with zero attached hydrogens (tertiary/aromatic N) is 1. The van der Waals surface area contributed by atoms with Gasteiger partial charge in [0.1, 0.15) is 5.75 Å². The molecule has 0 saturated carbocycles. The summed E-state index contributed by atoms with van der Waals surface area (Å²) in [5.41, 5.74) is 0.0943. The Morgan fingerprint density at radius 2 is 1.50 bits per heavy atom. The molecule has 0 amide bonds. The predicted molar refractivity (Wildman–Crippen MR) is 119 cm³/mol. The first-order valence-corrected chi connectivity index (χ1v) is 11.3. The number of aliphatic hydroxyl groups is 2. The highest BCUT2D eigenvalue weighted by Crippen LogP contribution is 2.38. The molecule has 1 heterocycles. The smallest absolute Gasteiger partial charge is 0.267 e. The summed E-state index contributed by atoms with van der Waals surface area (Å²) in [6, 6.07) is 14.3. The SMILES string of the molecule is CC(N1CCC(O)(c2ccccc2)CC1)C(O)(OS(C)(=O)=O)c1ccc(O)cc1.O.O.O. The van der Waals surface area contributed by atoms with Crippen molar-refractivity contribution >= 4 is 10.1 Å². The number of hydrogen-bond acceptors (Lipinski definition) is 7. The van der Waals surface area contributed by atoms with Gasteiger partial charge < -0.3 is 31.7 Å². The van der Waals surface area contributed by atoms with E-state index in [-0.39, 0.29) is 27.7 Å². The standard InChI is InChI=1S/C21H27NO6S.3H2O/c1-16(21(25,28-29(2,26)27)18-8-10-19(23)11-9-18)22-14-12-20(24,13-15-22)17-6-4-3-5-7-17;;;/h3-11,16,23-25H,12-15H2,1-2H3;3*1H2. The Kier molecular flexibility index (Phi) is 10.4. The van der Waals surface area contributed by atoms with Crippen LogP contribution in [0.1, 0.15) is 30.9 Å². The van der Waals surface area contributed by atoms with Crippen molar-refractivity contribution in [3.05, 3.63) is 65.7 Å². The van der Waals surface area contributed by atoms with E-state index >= 15 is 0 Å². The molecule has 0 aliphatic carbocycles. The molecule has 2 atom stereocenters. The van der Waals surface area contributed by atoms with E-state index in [1.807, 2.05) is 35.2 Å². The topological polar surface area (TPSA) is 202 Å². The molecule has 2 unspecified atom stereocenters. The molecule has 1 aliphatic rings. The zero-order chi connectivity index (χ0) is 21.3. The van der Waals surface area contributed by atoms with Crippen molar-refractivity contribution in [3.8, 4) is 5.75 Å². The van der Waals surface area contributed by atoms with Gasteiger partial charge >= 0.3 is 0 Å². The molecule has 1 saturated heterocycles. The maximum atomic E-state index is 11.9. The highest BCUT2D eigenvalue weighted by Gasteiger charge is 2.46. The lowest BCUT2D eigenvalue weighted by Crippen LogP contribution is -2.55. The first kappa shape index (κ1) is 29.9. The molecule has 0 spiro atoms. The molecular weight excluding hydrogens is 442 g/mol. The maximum absolute atomic E-state index is 11.9. The van der Waals surface area contributed by atoms with Crippen LogP contribution in [-0.2, 0) is 25.7 Å². The molecule has 0 aromatic heterocycles. The minimum Gasteiger partial charge on any atom is -0.508 e. The summed E-state index contributed by atoms with van der Waals surface area (Å²) >= 11 is 0. The second-order valence-corrected chi connectivity index (χ2v) is 9.22. The number of likely N-dealkylation sites (tertiary alicyclic amines) is 1. The molecule has 182 valence electrons. The molecule has 10 nitrogen and oxygen atoms in total. The fourth-order valence-corrected chi connectivity index (χ4v) is 4.55. The number of rotatable bonds is 6. The number of piperidine rings is 1. The van der Waals surface area contributed by atoms with E-state index in [2.05, 4.69) is 0 Å². The van der Waals surface area contributed by atoms with Crippen molar-refractivity contribution in [2.45, 2.75) is 37.2 Å². The maximum Gasteiger partial charge on any atom is 0.267 e. The van der Waals surface area contributed by atoms with E-state index in [4.69, 9.17) is 4.18 Å². The fourth-order valence-electron chi connectivity index (χ4n) is 3.86. The van der Waals surface area contributed by atoms with Crippen molar-refractivity contribution in [1.82, 2.24) is 4.90 Å². The van der Waals surface area contributed by atoms with E-state index in [1.165, 1.54) is 24.3 Å². The largest absolute Gasteiger partial charge is 0.508 e. The summed E-state index contributed by atoms with van der Waals surface area (Å²) < 4.78 is 28.9. The fraction of sp³-hybridized carbons (Fsp3) is 0.429. The van der Waals surface area contributed by atoms with Crippen molar-refractivity contribution in [2.24, 2.45) is 0 Å². The van der Waals surface area contributed by atoms with E-state index in [1.54, 1.807) is 6.92 Å². The molecule has 9 N–H and O–H groups in total. The number of hydrogen-bond donors (Lipinski definition) is 3. The Morgan fingerprint density at radius 3 is 1.97 bits per heavy atom. The van der Waals surface area contributed by atoms with Crippen molar-refractivity contribution in [2.75, 3.05) is 19.3 Å². The monoisotopic (exact) mass is 475 g/mol. The van der Waals surface area contributed by atoms with Crippen LogP contribution in [0.15, 0.2) is 54.6 Å². The summed E-state index contributed by atoms with van der Waals surface area (Å²) in [6.07, 6.45) is 1.76. The van der Waals surface area contributed by atoms with Crippen LogP contribution in [0.25, 0.3) is 0 Å². The van der Waals surface area contributed by atoms with Crippen LogP contribution in [0.4, 0.5) is 0 Å². The van der Waals surface area contributed by atoms with E-state index in [0.29, 0.717) is 25.9 Å². The lowest BCUT2D eigenvalue weighted by molar-refractivity contribution is -0.195. The molecule has 0 radical (unpaired) electrons. The lowest BCUT2D eigenvalue weighted by atomic mass is 9.83. The van der Waals surface area contributed by atoms with Crippen LogP contribution in [0.5, 0.6) is 5.75 Å². The van der Waals surface area contributed by atoms with Gasteiger partial charge in [-0.3, -0.25) is 4.90 Å². The van der Waals surface area contributed by atoms with Crippen LogP contribution < -0.4 is 0 Å². The Bertz CT molecular complexity index is 930. The summed E-state index contributed by atoms with van der Waals surface area (Å²) in [7, 11) is -3.98. The molecule has 32 heavy (non-hydrogen) atoms. The van der Waals surface area contributed by atoms with Gasteiger partial charge in [0, 0.05) is 18.7 Å². The first-order valence-electron chi connectivity index (χ1n) is 9.48. The zero-order valence-corrected chi connectivity index (χ0v) is 18.8. The summed E-state index contributed by atoms with van der Waals surface area (Å²) in [4.78, 5) is 1.90. The van der Waals surface area contributed by atoms with E-state index in [0.717, 1.165) is 11.8 Å². The zero-order valence-electron chi connectivity index (χ0n) is 18.0. The van der Waals surface area contributed by atoms with Gasteiger partial charge in [-0.15, -0.1) is 0 Å². The Morgan fingerprint density at radius 1 is 1.00 bits per heavy atom. The third kappa shape index (κ3) is 6.47. The van der Waals surface area contributed by atoms with Gasteiger partial charge in [0.15, 0.2) is 0 Å². The normalized spacial score (nSPS) is 18.8. The predicted octanol–water partition coefficient (Wildman–Crippen LogP) is -0.589. The summed E-state index contributed by atoms with van der Waals surface area (Å²) in [5, 5.41) is 31.9. The van der Waals surface area contributed by atoms with Gasteiger partial charge in [0.25, 0.3) is 10.1 Å². The first-order chi connectivity index (χ1) is 13.5. The number of phenols is 1. The van der Waals surface area contributed by atoms with Crippen molar-refractivity contribution in [1.29, 1.82) is 0 Å². The number of aromatic hydroxyl groups is 1. The van der Waals surface area contributed by atoms with Gasteiger partial charge in [-0.05, 0) is 49.6 Å². The molecule has 2 aromatic rings. The highest BCUT2D eigenvalue weighted by atomic mass is 32.2. The Balaban J connectivity index is 0.00000320. The summed E-state index contributed by atoms with van der Waals surface area (Å²) in [5.74, 6) is -2.14. The van der Waals surface area contributed by atoms with Crippen LogP contribution in [-0.4, -0.2) is 70.5 Å². The second-order valence-electron chi connectivity index (χ2n) is 7.64. The quantitative estimate of drug-likeness (QED) is 0.366. The van der Waals surface area contributed by atoms with Gasteiger partial charge in [-0.2, -0.15) is 8.42 Å². The summed E-state index contributed by atoms with van der Waals surface area (Å²) in [6.45, 7) is 2.57. The number of benzene rings is 2. The molecule has 0 bridgehead atoms. The average molecular weight is 476 g/mol. The molecular formula is C21H33NO9S. The Labute approximate surface area is 187 Å². The lowest BCUT2D eigenvalue weighted by Gasteiger charge is -2.45. The van der Waals surface area contributed by atoms with E-state index < -0.39 is 27.5 Å². The molecule has 3 rings (SSSR count). The second kappa shape index (κ2) is 11.2. The van der Waals surface area contributed by atoms with Crippen molar-refractivity contribution < 1.29 is 44.3 Å². The Hall–Kier alpha value is -2.09. The van der Waals surface area contributed by atoms with Crippen LogP contribution >= 0.6 is 0 Å². The van der Waals surface area contributed by atoms with Crippen LogP contribution in [0.3, 0.4) is 0 Å². The number of phenolic OH excluding ortho intramolecular Hbond substituents is 1. The van der Waals surface area contributed by atoms with Gasteiger partial charge in [0.05, 0.1) is 17.9 Å². The molecule has 1 fully saturated rings. The third-order valence-electron chi connectivity index (χ3n) is 5.61. The van der Waals surface area contributed by atoms with Crippen LogP contribution in [0, 0.1) is 0 Å². The molecule has 1 aliphatic heterocycles. The van der Waals surface area contributed by atoms with Gasteiger partial charge in [-0.25, -0.2) is 4.18 Å².